The number of methoxy groups -OCH3 is 1. The Kier molecular flexibility index (Phi) is 4.32. The maximum atomic E-state index is 13.0. The van der Waals surface area contributed by atoms with Gasteiger partial charge in [-0.2, -0.15) is 0 Å². The van der Waals surface area contributed by atoms with E-state index in [9.17, 15) is 19.2 Å². The first-order chi connectivity index (χ1) is 12.0. The summed E-state index contributed by atoms with van der Waals surface area (Å²) in [5, 5.41) is 0. The number of carbonyl (C=O) groups excluding carboxylic acids is 4. The van der Waals surface area contributed by atoms with Crippen LogP contribution in [0, 0.1) is 0 Å². The molecule has 1 amide bonds. The zero-order valence-corrected chi connectivity index (χ0v) is 14.1. The molecule has 0 aromatic heterocycles. The van der Waals surface area contributed by atoms with Crippen LogP contribution in [-0.2, 0) is 19.8 Å². The third kappa shape index (κ3) is 2.42. The molecule has 1 saturated carbocycles. The lowest BCUT2D eigenvalue weighted by molar-refractivity contribution is -0.142. The molecule has 0 N–H and O–H groups in total. The van der Waals surface area contributed by atoms with Gasteiger partial charge in [0.15, 0.2) is 29.7 Å². The molecule has 2 aliphatic rings. The van der Waals surface area contributed by atoms with E-state index in [1.165, 1.54) is 12.0 Å². The fourth-order valence-corrected chi connectivity index (χ4v) is 3.78. The minimum Gasteiger partial charge on any atom is -0.493 e. The Labute approximate surface area is 144 Å². The van der Waals surface area contributed by atoms with Crippen LogP contribution in [0.4, 0.5) is 0 Å². The zero-order chi connectivity index (χ0) is 18.2. The van der Waals surface area contributed by atoms with Gasteiger partial charge >= 0.3 is 0 Å². The summed E-state index contributed by atoms with van der Waals surface area (Å²) in [6.45, 7) is 0.261. The van der Waals surface area contributed by atoms with E-state index in [1.807, 2.05) is 0 Å². The van der Waals surface area contributed by atoms with Crippen molar-refractivity contribution in [3.05, 3.63) is 23.3 Å². The number of ketones is 2. The number of Topliss-reactive ketones (excluding diaryl/α,β-unsaturated/α-hetero) is 2. The van der Waals surface area contributed by atoms with Gasteiger partial charge in [-0.3, -0.25) is 19.2 Å². The fraction of sp³-hybridized carbons (Fsp3) is 0.444. The lowest BCUT2D eigenvalue weighted by Gasteiger charge is -2.36. The largest absolute Gasteiger partial charge is 0.493 e. The van der Waals surface area contributed by atoms with Crippen LogP contribution in [0.15, 0.2) is 12.1 Å². The molecule has 3 rings (SSSR count). The predicted octanol–water partition coefficient (Wildman–Crippen LogP) is 0.917. The highest BCUT2D eigenvalue weighted by molar-refractivity contribution is 6.07. The molecule has 1 aromatic carbocycles. The molecule has 1 fully saturated rings. The summed E-state index contributed by atoms with van der Waals surface area (Å²) in [4.78, 5) is 49.5. The van der Waals surface area contributed by atoms with Crippen molar-refractivity contribution in [3.8, 4) is 11.5 Å². The van der Waals surface area contributed by atoms with Gasteiger partial charge in [-0.25, -0.2) is 0 Å². The average Bonchev–Trinajstić information content (AvgIpc) is 2.99. The van der Waals surface area contributed by atoms with Crippen LogP contribution in [0.1, 0.15) is 35.2 Å². The lowest BCUT2D eigenvalue weighted by atomic mass is 9.64. The van der Waals surface area contributed by atoms with Gasteiger partial charge in [0.25, 0.3) is 0 Å². The minimum absolute atomic E-state index is 0.0957. The third-order valence-electron chi connectivity index (χ3n) is 5.06. The number of fused-ring (bicyclic) bond motifs is 3. The van der Waals surface area contributed by atoms with Gasteiger partial charge in [0, 0.05) is 37.6 Å². The summed E-state index contributed by atoms with van der Waals surface area (Å²) in [5.41, 5.74) is -0.550. The molecule has 1 aromatic rings. The molecule has 1 aliphatic carbocycles. The van der Waals surface area contributed by atoms with Crippen molar-refractivity contribution < 1.29 is 28.7 Å². The van der Waals surface area contributed by atoms with E-state index in [0.717, 1.165) is 0 Å². The Hall–Kier alpha value is -2.70. The summed E-state index contributed by atoms with van der Waals surface area (Å²) < 4.78 is 11.2. The van der Waals surface area contributed by atoms with Crippen molar-refractivity contribution in [1.29, 1.82) is 0 Å². The predicted molar refractivity (Wildman–Crippen MR) is 87.0 cm³/mol. The smallest absolute Gasteiger partial charge is 0.209 e. The number of aldehydes is 1. The van der Waals surface area contributed by atoms with Crippen LogP contribution in [0.25, 0.3) is 0 Å². The quantitative estimate of drug-likeness (QED) is 0.712. The molecule has 25 heavy (non-hydrogen) atoms. The van der Waals surface area contributed by atoms with Crippen LogP contribution < -0.4 is 9.47 Å². The highest BCUT2D eigenvalue weighted by atomic mass is 16.5. The van der Waals surface area contributed by atoms with Gasteiger partial charge in [-0.05, 0) is 18.6 Å². The number of amides is 1. The van der Waals surface area contributed by atoms with E-state index in [2.05, 4.69) is 0 Å². The second-order valence-electron chi connectivity index (χ2n) is 6.37. The van der Waals surface area contributed by atoms with Crippen molar-refractivity contribution in [1.82, 2.24) is 4.90 Å². The highest BCUT2D eigenvalue weighted by Crippen LogP contribution is 2.54. The van der Waals surface area contributed by atoms with Crippen molar-refractivity contribution in [2.45, 2.75) is 30.8 Å². The van der Waals surface area contributed by atoms with Crippen molar-refractivity contribution in [3.63, 3.8) is 0 Å². The molecule has 0 unspecified atom stereocenters. The van der Waals surface area contributed by atoms with Crippen molar-refractivity contribution in [2.75, 3.05) is 20.7 Å². The Balaban J connectivity index is 2.22. The van der Waals surface area contributed by atoms with E-state index in [4.69, 9.17) is 9.47 Å². The zero-order valence-electron chi connectivity index (χ0n) is 14.1. The first-order valence-corrected chi connectivity index (χ1v) is 8.04. The molecule has 1 heterocycles. The summed E-state index contributed by atoms with van der Waals surface area (Å²) in [5.74, 6) is 0.322. The van der Waals surface area contributed by atoms with E-state index in [1.54, 1.807) is 19.2 Å². The molecule has 132 valence electrons. The summed E-state index contributed by atoms with van der Waals surface area (Å²) in [7, 11) is 3.05. The van der Waals surface area contributed by atoms with Gasteiger partial charge in [0.2, 0.25) is 6.41 Å². The second kappa shape index (κ2) is 6.31. The molecule has 1 aliphatic heterocycles. The van der Waals surface area contributed by atoms with Gasteiger partial charge in [-0.1, -0.05) is 0 Å². The van der Waals surface area contributed by atoms with E-state index < -0.39 is 11.5 Å². The standard InChI is InChI=1S/C18H19NO6/c1-19(10-21)8-7-18-14(23)6-4-12(22)17(18)25-16-13(24-2)5-3-11(9-20)15(16)18/h3,5,9-10,17H,4,6-8H2,1-2H3/t17-,18-/m0/s1. The maximum absolute atomic E-state index is 13.0. The van der Waals surface area contributed by atoms with E-state index in [-0.39, 0.29) is 43.1 Å². The molecular formula is C18H19NO6. The molecule has 0 saturated heterocycles. The number of hydrogen-bond acceptors (Lipinski definition) is 6. The maximum Gasteiger partial charge on any atom is 0.209 e. The molecule has 2 atom stereocenters. The number of hydrogen-bond donors (Lipinski definition) is 0. The SMILES string of the molecule is COc1ccc(C=O)c2c1O[C@H]1C(=O)CCC(=O)[C@@]21CCN(C)C=O. The third-order valence-corrected chi connectivity index (χ3v) is 5.06. The Bertz CT molecular complexity index is 758. The minimum atomic E-state index is -1.26. The number of benzene rings is 1. The average molecular weight is 345 g/mol. The van der Waals surface area contributed by atoms with E-state index >= 15 is 0 Å². The van der Waals surface area contributed by atoms with Crippen molar-refractivity contribution >= 4 is 24.3 Å². The van der Waals surface area contributed by atoms with Gasteiger partial charge < -0.3 is 14.4 Å². The Morgan fingerprint density at radius 3 is 2.72 bits per heavy atom. The van der Waals surface area contributed by atoms with Gasteiger partial charge in [-0.15, -0.1) is 0 Å². The Morgan fingerprint density at radius 2 is 2.08 bits per heavy atom. The first kappa shape index (κ1) is 17.1. The number of carbonyl (C=O) groups is 4. The Morgan fingerprint density at radius 1 is 1.32 bits per heavy atom. The monoisotopic (exact) mass is 345 g/mol. The number of ether oxygens (including phenoxy) is 2. The topological polar surface area (TPSA) is 90.0 Å². The lowest BCUT2D eigenvalue weighted by Crippen LogP contribution is -2.54. The summed E-state index contributed by atoms with van der Waals surface area (Å²) in [6, 6.07) is 3.15. The first-order valence-electron chi connectivity index (χ1n) is 8.04. The normalized spacial score (nSPS) is 24.2. The van der Waals surface area contributed by atoms with Gasteiger partial charge in [0.05, 0.1) is 7.11 Å². The van der Waals surface area contributed by atoms with Crippen LogP contribution in [0.3, 0.4) is 0 Å². The number of rotatable bonds is 6. The highest BCUT2D eigenvalue weighted by Gasteiger charge is 2.60. The summed E-state index contributed by atoms with van der Waals surface area (Å²) in [6.07, 6.45) is 0.739. The van der Waals surface area contributed by atoms with Gasteiger partial charge in [0.1, 0.15) is 11.2 Å². The van der Waals surface area contributed by atoms with Crippen LogP contribution >= 0.6 is 0 Å². The second-order valence-corrected chi connectivity index (χ2v) is 6.37. The molecule has 7 heteroatoms. The van der Waals surface area contributed by atoms with E-state index in [0.29, 0.717) is 29.6 Å². The molecule has 0 radical (unpaired) electrons. The molecule has 7 nitrogen and oxygen atoms in total. The number of nitrogens with zero attached hydrogens (tertiary/aromatic N) is 1. The van der Waals surface area contributed by atoms with Crippen LogP contribution in [0.5, 0.6) is 11.5 Å². The van der Waals surface area contributed by atoms with Crippen molar-refractivity contribution in [2.24, 2.45) is 0 Å². The molecular weight excluding hydrogens is 326 g/mol. The van der Waals surface area contributed by atoms with Crippen LogP contribution in [0.2, 0.25) is 0 Å². The fourth-order valence-electron chi connectivity index (χ4n) is 3.78. The van der Waals surface area contributed by atoms with Crippen LogP contribution in [-0.4, -0.2) is 56.0 Å². The summed E-state index contributed by atoms with van der Waals surface area (Å²) >= 11 is 0. The molecule has 0 bridgehead atoms. The molecule has 0 spiro atoms.